The molecule has 0 amide bonds. The van der Waals surface area contributed by atoms with Gasteiger partial charge in [0.25, 0.3) is 0 Å². The van der Waals surface area contributed by atoms with Crippen molar-refractivity contribution < 1.29 is 4.39 Å². The van der Waals surface area contributed by atoms with Crippen LogP contribution in [0.15, 0.2) is 36.5 Å². The van der Waals surface area contributed by atoms with Gasteiger partial charge >= 0.3 is 0 Å². The SMILES string of the molecule is CC(c1ccccc1F)N(C)c1ncc(N)cc1Cl. The van der Waals surface area contributed by atoms with E-state index < -0.39 is 0 Å². The molecule has 3 nitrogen and oxygen atoms in total. The van der Waals surface area contributed by atoms with Crippen LogP contribution in [0.4, 0.5) is 15.9 Å². The number of nitrogen functional groups attached to an aromatic ring is 1. The summed E-state index contributed by atoms with van der Waals surface area (Å²) in [6.07, 6.45) is 1.53. The van der Waals surface area contributed by atoms with Crippen molar-refractivity contribution in [3.63, 3.8) is 0 Å². The smallest absolute Gasteiger partial charge is 0.147 e. The minimum Gasteiger partial charge on any atom is -0.397 e. The number of rotatable bonds is 3. The van der Waals surface area contributed by atoms with Crippen LogP contribution in [0.1, 0.15) is 18.5 Å². The average Bonchev–Trinajstić information content (AvgIpc) is 2.38. The summed E-state index contributed by atoms with van der Waals surface area (Å²) in [6.45, 7) is 1.90. The highest BCUT2D eigenvalue weighted by Crippen LogP contribution is 2.31. The van der Waals surface area contributed by atoms with Gasteiger partial charge in [-0.05, 0) is 19.1 Å². The van der Waals surface area contributed by atoms with Gasteiger partial charge in [-0.15, -0.1) is 0 Å². The van der Waals surface area contributed by atoms with Crippen molar-refractivity contribution >= 4 is 23.1 Å². The number of nitrogens with zero attached hydrogens (tertiary/aromatic N) is 2. The normalized spacial score (nSPS) is 12.2. The molecular weight excluding hydrogens is 265 g/mol. The van der Waals surface area contributed by atoms with Gasteiger partial charge in [-0.2, -0.15) is 0 Å². The van der Waals surface area contributed by atoms with E-state index in [1.165, 1.54) is 12.3 Å². The Labute approximate surface area is 116 Å². The highest BCUT2D eigenvalue weighted by atomic mass is 35.5. The second kappa shape index (κ2) is 5.45. The molecule has 0 aliphatic rings. The van der Waals surface area contributed by atoms with E-state index >= 15 is 0 Å². The summed E-state index contributed by atoms with van der Waals surface area (Å²) in [7, 11) is 1.82. The fraction of sp³-hybridized carbons (Fsp3) is 0.214. The van der Waals surface area contributed by atoms with Crippen LogP contribution in [-0.4, -0.2) is 12.0 Å². The summed E-state index contributed by atoms with van der Waals surface area (Å²) in [6, 6.07) is 8.11. The van der Waals surface area contributed by atoms with Crippen LogP contribution in [0.2, 0.25) is 5.02 Å². The summed E-state index contributed by atoms with van der Waals surface area (Å²) >= 11 is 6.12. The van der Waals surface area contributed by atoms with E-state index in [-0.39, 0.29) is 11.9 Å². The van der Waals surface area contributed by atoms with Crippen LogP contribution in [0.5, 0.6) is 0 Å². The molecule has 0 spiro atoms. The first kappa shape index (κ1) is 13.6. The molecule has 2 aromatic rings. The molecule has 1 aromatic heterocycles. The van der Waals surface area contributed by atoms with E-state index in [4.69, 9.17) is 17.3 Å². The number of hydrogen-bond donors (Lipinski definition) is 1. The number of halogens is 2. The lowest BCUT2D eigenvalue weighted by molar-refractivity contribution is 0.584. The van der Waals surface area contributed by atoms with Crippen LogP contribution >= 0.6 is 11.6 Å². The number of pyridine rings is 1. The van der Waals surface area contributed by atoms with E-state index in [1.54, 1.807) is 24.3 Å². The van der Waals surface area contributed by atoms with Gasteiger partial charge in [-0.25, -0.2) is 9.37 Å². The van der Waals surface area contributed by atoms with Crippen molar-refractivity contribution in [2.24, 2.45) is 0 Å². The Morgan fingerprint density at radius 3 is 2.68 bits per heavy atom. The van der Waals surface area contributed by atoms with Crippen molar-refractivity contribution in [3.05, 3.63) is 52.9 Å². The van der Waals surface area contributed by atoms with Crippen LogP contribution in [-0.2, 0) is 0 Å². The second-order valence-electron chi connectivity index (χ2n) is 4.38. The number of aromatic nitrogens is 1. The first-order valence-corrected chi connectivity index (χ1v) is 6.26. The van der Waals surface area contributed by atoms with E-state index in [0.717, 1.165) is 0 Å². The maximum absolute atomic E-state index is 13.8. The summed E-state index contributed by atoms with van der Waals surface area (Å²) in [4.78, 5) is 6.02. The molecule has 1 aromatic carbocycles. The molecule has 0 aliphatic heterocycles. The lowest BCUT2D eigenvalue weighted by atomic mass is 10.1. The molecule has 0 saturated carbocycles. The second-order valence-corrected chi connectivity index (χ2v) is 4.79. The van der Waals surface area contributed by atoms with Crippen molar-refractivity contribution in [1.29, 1.82) is 0 Å². The molecule has 0 radical (unpaired) electrons. The van der Waals surface area contributed by atoms with Gasteiger partial charge in [-0.1, -0.05) is 29.8 Å². The third-order valence-electron chi connectivity index (χ3n) is 3.11. The first-order chi connectivity index (χ1) is 9.00. The van der Waals surface area contributed by atoms with Gasteiger partial charge in [0.2, 0.25) is 0 Å². The molecule has 1 unspecified atom stereocenters. The summed E-state index contributed by atoms with van der Waals surface area (Å²) in [5.41, 5.74) is 6.71. The third kappa shape index (κ3) is 2.79. The van der Waals surface area contributed by atoms with Crippen LogP contribution in [0, 0.1) is 5.82 Å². The molecule has 1 heterocycles. The Balaban J connectivity index is 2.33. The maximum atomic E-state index is 13.8. The van der Waals surface area contributed by atoms with Crippen molar-refractivity contribution in [3.8, 4) is 0 Å². The first-order valence-electron chi connectivity index (χ1n) is 5.89. The van der Waals surface area contributed by atoms with E-state index in [0.29, 0.717) is 22.1 Å². The predicted octanol–water partition coefficient (Wildman–Crippen LogP) is 3.65. The summed E-state index contributed by atoms with van der Waals surface area (Å²) in [5.74, 6) is 0.333. The minimum atomic E-state index is -0.242. The van der Waals surface area contributed by atoms with Crippen LogP contribution in [0.25, 0.3) is 0 Å². The average molecular weight is 280 g/mol. The molecule has 100 valence electrons. The molecule has 0 aliphatic carbocycles. The number of anilines is 2. The minimum absolute atomic E-state index is 0.185. The fourth-order valence-corrected chi connectivity index (χ4v) is 2.22. The molecule has 2 rings (SSSR count). The zero-order chi connectivity index (χ0) is 14.0. The van der Waals surface area contributed by atoms with Crippen molar-refractivity contribution in [2.75, 3.05) is 17.7 Å². The van der Waals surface area contributed by atoms with Crippen molar-refractivity contribution in [1.82, 2.24) is 4.98 Å². The van der Waals surface area contributed by atoms with Gasteiger partial charge in [0.15, 0.2) is 0 Å². The molecule has 1 atom stereocenters. The quantitative estimate of drug-likeness (QED) is 0.932. The van der Waals surface area contributed by atoms with Gasteiger partial charge in [0, 0.05) is 12.6 Å². The fourth-order valence-electron chi connectivity index (χ4n) is 1.91. The van der Waals surface area contributed by atoms with E-state index in [9.17, 15) is 4.39 Å². The number of nitrogens with two attached hydrogens (primary N) is 1. The molecule has 2 N–H and O–H groups in total. The molecule has 0 saturated heterocycles. The van der Waals surface area contributed by atoms with E-state index in [2.05, 4.69) is 4.98 Å². The Morgan fingerprint density at radius 1 is 1.37 bits per heavy atom. The monoisotopic (exact) mass is 279 g/mol. The highest BCUT2D eigenvalue weighted by Gasteiger charge is 2.18. The van der Waals surface area contributed by atoms with Crippen LogP contribution in [0.3, 0.4) is 0 Å². The largest absolute Gasteiger partial charge is 0.397 e. The molecular formula is C14H15ClFN3. The highest BCUT2D eigenvalue weighted by molar-refractivity contribution is 6.33. The third-order valence-corrected chi connectivity index (χ3v) is 3.39. The Kier molecular flexibility index (Phi) is 3.90. The summed E-state index contributed by atoms with van der Waals surface area (Å²) in [5, 5.41) is 0.450. The Hall–Kier alpha value is -1.81. The topological polar surface area (TPSA) is 42.2 Å². The van der Waals surface area contributed by atoms with Gasteiger partial charge in [0.05, 0.1) is 22.9 Å². The number of hydrogen-bond acceptors (Lipinski definition) is 3. The van der Waals surface area contributed by atoms with Gasteiger partial charge < -0.3 is 10.6 Å². The van der Waals surface area contributed by atoms with Gasteiger partial charge in [0.1, 0.15) is 11.6 Å². The maximum Gasteiger partial charge on any atom is 0.147 e. The Morgan fingerprint density at radius 2 is 2.05 bits per heavy atom. The van der Waals surface area contributed by atoms with Gasteiger partial charge in [-0.3, -0.25) is 0 Å². The molecule has 5 heteroatoms. The number of benzene rings is 1. The standard InChI is InChI=1S/C14H15ClFN3/c1-9(11-5-3-4-6-13(11)16)19(2)14-12(15)7-10(17)8-18-14/h3-9H,17H2,1-2H3. The van der Waals surface area contributed by atoms with Crippen molar-refractivity contribution in [2.45, 2.75) is 13.0 Å². The molecule has 0 bridgehead atoms. The van der Waals surface area contributed by atoms with E-state index in [1.807, 2.05) is 18.9 Å². The zero-order valence-corrected chi connectivity index (χ0v) is 11.5. The Bertz CT molecular complexity index is 589. The predicted molar refractivity (Wildman–Crippen MR) is 76.9 cm³/mol. The lowest BCUT2D eigenvalue weighted by Crippen LogP contribution is -2.23. The molecule has 0 fully saturated rings. The molecule has 19 heavy (non-hydrogen) atoms. The van der Waals surface area contributed by atoms with Crippen LogP contribution < -0.4 is 10.6 Å². The lowest BCUT2D eigenvalue weighted by Gasteiger charge is -2.27. The summed E-state index contributed by atoms with van der Waals surface area (Å²) < 4.78 is 13.8. The zero-order valence-electron chi connectivity index (χ0n) is 10.8.